The van der Waals surface area contributed by atoms with Crippen LogP contribution in [-0.4, -0.2) is 65.0 Å². The van der Waals surface area contributed by atoms with Crippen molar-refractivity contribution in [2.45, 2.75) is 39.2 Å². The highest BCUT2D eigenvalue weighted by Gasteiger charge is 2.23. The van der Waals surface area contributed by atoms with Crippen LogP contribution in [0.25, 0.3) is 0 Å². The molecular weight excluding hydrogens is 262 g/mol. The summed E-state index contributed by atoms with van der Waals surface area (Å²) in [5, 5.41) is 10.8. The Kier molecular flexibility index (Phi) is 6.44. The molecular formula is C13H23N3O4. The molecule has 20 heavy (non-hydrogen) atoms. The van der Waals surface area contributed by atoms with E-state index in [4.69, 9.17) is 5.11 Å². The van der Waals surface area contributed by atoms with Gasteiger partial charge in [-0.1, -0.05) is 0 Å². The first-order valence-electron chi connectivity index (χ1n) is 6.94. The molecule has 1 fully saturated rings. The van der Waals surface area contributed by atoms with Crippen molar-refractivity contribution >= 4 is 17.9 Å². The lowest BCUT2D eigenvalue weighted by atomic mass is 10.2. The fourth-order valence-corrected chi connectivity index (χ4v) is 2.10. The highest BCUT2D eigenvalue weighted by Crippen LogP contribution is 2.06. The Balaban J connectivity index is 2.26. The summed E-state index contributed by atoms with van der Waals surface area (Å²) in [6.45, 7) is 7.04. The van der Waals surface area contributed by atoms with Crippen LogP contribution in [0.15, 0.2) is 0 Å². The molecule has 0 unspecified atom stereocenters. The van der Waals surface area contributed by atoms with Crippen LogP contribution >= 0.6 is 0 Å². The molecule has 3 amide bonds. The Hall–Kier alpha value is -1.63. The van der Waals surface area contributed by atoms with Crippen molar-refractivity contribution in [1.29, 1.82) is 0 Å². The van der Waals surface area contributed by atoms with Gasteiger partial charge in [0.15, 0.2) is 0 Å². The summed E-state index contributed by atoms with van der Waals surface area (Å²) >= 11 is 0. The molecule has 1 aliphatic heterocycles. The largest absolute Gasteiger partial charge is 0.481 e. The average Bonchev–Trinajstić information content (AvgIpc) is 2.38. The molecule has 0 aliphatic carbocycles. The highest BCUT2D eigenvalue weighted by molar-refractivity contribution is 5.94. The third kappa shape index (κ3) is 5.56. The van der Waals surface area contributed by atoms with E-state index in [0.29, 0.717) is 19.1 Å². The number of hydrogen-bond acceptors (Lipinski definition) is 4. The molecule has 1 saturated heterocycles. The van der Waals surface area contributed by atoms with Gasteiger partial charge in [-0.2, -0.15) is 0 Å². The third-order valence-electron chi connectivity index (χ3n) is 3.37. The number of piperazine rings is 1. The van der Waals surface area contributed by atoms with Gasteiger partial charge in [0.1, 0.15) is 0 Å². The zero-order valence-electron chi connectivity index (χ0n) is 12.1. The number of carbonyl (C=O) groups excluding carboxylic acids is 2. The van der Waals surface area contributed by atoms with Gasteiger partial charge in [-0.3, -0.25) is 19.8 Å². The number of carboxylic acid groups (broad SMARTS) is 1. The van der Waals surface area contributed by atoms with Crippen molar-refractivity contribution in [3.05, 3.63) is 0 Å². The Morgan fingerprint density at radius 3 is 2.20 bits per heavy atom. The minimum Gasteiger partial charge on any atom is -0.481 e. The number of rotatable bonds is 5. The molecule has 114 valence electrons. The number of aliphatic carboxylic acids is 1. The van der Waals surface area contributed by atoms with Crippen LogP contribution in [0.2, 0.25) is 0 Å². The van der Waals surface area contributed by atoms with E-state index < -0.39 is 11.9 Å². The number of imide groups is 1. The molecule has 7 heteroatoms. The van der Waals surface area contributed by atoms with E-state index in [2.05, 4.69) is 24.1 Å². The van der Waals surface area contributed by atoms with Crippen molar-refractivity contribution in [3.63, 3.8) is 0 Å². The van der Waals surface area contributed by atoms with Gasteiger partial charge < -0.3 is 10.0 Å². The van der Waals surface area contributed by atoms with Crippen LogP contribution in [0.3, 0.4) is 0 Å². The Morgan fingerprint density at radius 2 is 1.70 bits per heavy atom. The molecule has 0 spiro atoms. The molecule has 1 aliphatic rings. The summed E-state index contributed by atoms with van der Waals surface area (Å²) in [7, 11) is 0. The first-order valence-corrected chi connectivity index (χ1v) is 6.94. The van der Waals surface area contributed by atoms with E-state index in [1.165, 1.54) is 0 Å². The minimum absolute atomic E-state index is 0.0595. The summed E-state index contributed by atoms with van der Waals surface area (Å²) < 4.78 is 0. The van der Waals surface area contributed by atoms with Gasteiger partial charge in [0.25, 0.3) is 0 Å². The monoisotopic (exact) mass is 285 g/mol. The SMILES string of the molecule is CC(C)N1CCN(C(=O)NC(=O)CCCC(=O)O)CC1. The van der Waals surface area contributed by atoms with Crippen LogP contribution < -0.4 is 5.32 Å². The molecule has 0 saturated carbocycles. The quantitative estimate of drug-likeness (QED) is 0.768. The molecule has 1 rings (SSSR count). The standard InChI is InChI=1S/C13H23N3O4/c1-10(2)15-6-8-16(9-7-15)13(20)14-11(17)4-3-5-12(18)19/h10H,3-9H2,1-2H3,(H,18,19)(H,14,17,20). The normalized spacial score (nSPS) is 16.2. The van der Waals surface area contributed by atoms with E-state index in [-0.39, 0.29) is 25.3 Å². The molecule has 2 N–H and O–H groups in total. The van der Waals surface area contributed by atoms with Crippen LogP contribution in [-0.2, 0) is 9.59 Å². The first kappa shape index (κ1) is 16.4. The molecule has 0 aromatic rings. The smallest absolute Gasteiger partial charge is 0.324 e. The van der Waals surface area contributed by atoms with Gasteiger partial charge in [0, 0.05) is 45.1 Å². The number of nitrogens with one attached hydrogen (secondary N) is 1. The summed E-state index contributed by atoms with van der Waals surface area (Å²) in [5.41, 5.74) is 0. The van der Waals surface area contributed by atoms with Gasteiger partial charge in [0.2, 0.25) is 5.91 Å². The number of amides is 3. The van der Waals surface area contributed by atoms with E-state index in [9.17, 15) is 14.4 Å². The van der Waals surface area contributed by atoms with E-state index in [1.807, 2.05) is 0 Å². The van der Waals surface area contributed by atoms with Crippen LogP contribution in [0.5, 0.6) is 0 Å². The summed E-state index contributed by atoms with van der Waals surface area (Å²) in [6, 6.07) is 0.0755. The number of carboxylic acids is 1. The van der Waals surface area contributed by atoms with Crippen molar-refractivity contribution in [1.82, 2.24) is 15.1 Å². The maximum Gasteiger partial charge on any atom is 0.324 e. The number of carbonyl (C=O) groups is 3. The number of hydrogen-bond donors (Lipinski definition) is 2. The molecule has 0 bridgehead atoms. The molecule has 0 radical (unpaired) electrons. The van der Waals surface area contributed by atoms with E-state index in [1.54, 1.807) is 4.90 Å². The predicted molar refractivity (Wildman–Crippen MR) is 73.3 cm³/mol. The van der Waals surface area contributed by atoms with Crippen molar-refractivity contribution < 1.29 is 19.5 Å². The average molecular weight is 285 g/mol. The zero-order valence-corrected chi connectivity index (χ0v) is 12.1. The second-order valence-electron chi connectivity index (χ2n) is 5.22. The molecule has 0 atom stereocenters. The van der Waals surface area contributed by atoms with Crippen molar-refractivity contribution in [3.8, 4) is 0 Å². The molecule has 0 aromatic carbocycles. The molecule has 0 aromatic heterocycles. The molecule has 7 nitrogen and oxygen atoms in total. The van der Waals surface area contributed by atoms with Gasteiger partial charge in [-0.25, -0.2) is 4.79 Å². The lowest BCUT2D eigenvalue weighted by Crippen LogP contribution is -2.54. The van der Waals surface area contributed by atoms with Crippen molar-refractivity contribution in [2.24, 2.45) is 0 Å². The van der Waals surface area contributed by atoms with Crippen molar-refractivity contribution in [2.75, 3.05) is 26.2 Å². The van der Waals surface area contributed by atoms with E-state index in [0.717, 1.165) is 13.1 Å². The Morgan fingerprint density at radius 1 is 1.10 bits per heavy atom. The van der Waals surface area contributed by atoms with Crippen LogP contribution in [0, 0.1) is 0 Å². The Labute approximate surface area is 118 Å². The topological polar surface area (TPSA) is 90.0 Å². The Bertz CT molecular complexity index is 363. The number of nitrogens with zero attached hydrogens (tertiary/aromatic N) is 2. The maximum atomic E-state index is 11.8. The second-order valence-corrected chi connectivity index (χ2v) is 5.22. The van der Waals surface area contributed by atoms with Gasteiger partial charge in [0.05, 0.1) is 0 Å². The van der Waals surface area contributed by atoms with Gasteiger partial charge in [-0.15, -0.1) is 0 Å². The van der Waals surface area contributed by atoms with Gasteiger partial charge in [-0.05, 0) is 20.3 Å². The zero-order chi connectivity index (χ0) is 15.1. The first-order chi connectivity index (χ1) is 9.40. The predicted octanol–water partition coefficient (Wildman–Crippen LogP) is 0.504. The third-order valence-corrected chi connectivity index (χ3v) is 3.37. The summed E-state index contributed by atoms with van der Waals surface area (Å²) in [6.07, 6.45) is 0.244. The van der Waals surface area contributed by atoms with Gasteiger partial charge >= 0.3 is 12.0 Å². The van der Waals surface area contributed by atoms with Crippen LogP contribution in [0.1, 0.15) is 33.1 Å². The molecule has 1 heterocycles. The second kappa shape index (κ2) is 7.84. The summed E-state index contributed by atoms with van der Waals surface area (Å²) in [5.74, 6) is -1.35. The lowest BCUT2D eigenvalue weighted by Gasteiger charge is -2.36. The van der Waals surface area contributed by atoms with Crippen LogP contribution in [0.4, 0.5) is 4.79 Å². The lowest BCUT2D eigenvalue weighted by molar-refractivity contribution is -0.137. The fourth-order valence-electron chi connectivity index (χ4n) is 2.10. The number of urea groups is 1. The minimum atomic E-state index is -0.936. The maximum absolute atomic E-state index is 11.8. The van der Waals surface area contributed by atoms with E-state index >= 15 is 0 Å². The highest BCUT2D eigenvalue weighted by atomic mass is 16.4. The summed E-state index contributed by atoms with van der Waals surface area (Å²) in [4.78, 5) is 37.5. The fraction of sp³-hybridized carbons (Fsp3) is 0.769.